The van der Waals surface area contributed by atoms with E-state index in [0.717, 1.165) is 28.0 Å². The summed E-state index contributed by atoms with van der Waals surface area (Å²) in [6, 6.07) is 9.32. The van der Waals surface area contributed by atoms with Gasteiger partial charge >= 0.3 is 6.18 Å². The summed E-state index contributed by atoms with van der Waals surface area (Å²) in [5.74, 6) is -1.87. The molecule has 1 aromatic carbocycles. The van der Waals surface area contributed by atoms with Crippen molar-refractivity contribution in [3.05, 3.63) is 97.5 Å². The van der Waals surface area contributed by atoms with E-state index in [1.54, 1.807) is 25.3 Å². The number of carbonyl (C=O) groups excluding carboxylic acids is 1. The van der Waals surface area contributed by atoms with Crippen LogP contribution < -0.4 is 5.56 Å². The van der Waals surface area contributed by atoms with E-state index in [1.807, 2.05) is 0 Å². The van der Waals surface area contributed by atoms with Gasteiger partial charge in [-0.25, -0.2) is 8.78 Å². The van der Waals surface area contributed by atoms with Gasteiger partial charge in [-0.05, 0) is 37.3 Å². The van der Waals surface area contributed by atoms with Gasteiger partial charge in [0, 0.05) is 33.8 Å². The van der Waals surface area contributed by atoms with Gasteiger partial charge in [0.15, 0.2) is 0 Å². The normalized spacial score (nSPS) is 12.1. The Labute approximate surface area is 226 Å². The lowest BCUT2D eigenvalue weighted by Crippen LogP contribution is -2.28. The molecule has 0 saturated heterocycles. The second-order valence-electron chi connectivity index (χ2n) is 8.27. The first-order valence-electron chi connectivity index (χ1n) is 11.1. The number of carbonyl (C=O) groups is 1. The molecule has 0 aliphatic heterocycles. The molecule has 39 heavy (non-hydrogen) atoms. The fourth-order valence-corrected chi connectivity index (χ4v) is 5.19. The molecule has 1 N–H and O–H groups in total. The Bertz CT molecular complexity index is 1730. The fraction of sp³-hybridized carbons (Fsp3) is 0.154. The molecule has 0 aliphatic rings. The van der Waals surface area contributed by atoms with E-state index in [4.69, 9.17) is 17.0 Å². The van der Waals surface area contributed by atoms with E-state index in [-0.39, 0.29) is 22.6 Å². The number of hydrogen-bond donors (Lipinski definition) is 1. The van der Waals surface area contributed by atoms with Crippen LogP contribution >= 0.6 is 23.6 Å². The van der Waals surface area contributed by atoms with Crippen LogP contribution in [0.4, 0.5) is 22.0 Å². The number of ether oxygens (including phenoxy) is 1. The summed E-state index contributed by atoms with van der Waals surface area (Å²) >= 11 is 6.27. The smallest absolute Gasteiger partial charge is 0.417 e. The van der Waals surface area contributed by atoms with Gasteiger partial charge in [0.1, 0.15) is 34.0 Å². The molecule has 1 unspecified atom stereocenters. The number of H-pyrrole nitrogens is 1. The predicted molar refractivity (Wildman–Crippen MR) is 135 cm³/mol. The van der Waals surface area contributed by atoms with E-state index in [2.05, 4.69) is 4.98 Å². The summed E-state index contributed by atoms with van der Waals surface area (Å²) in [5.41, 5.74) is -3.16. The summed E-state index contributed by atoms with van der Waals surface area (Å²) in [4.78, 5) is 27.5. The predicted octanol–water partition coefficient (Wildman–Crippen LogP) is 6.75. The highest BCUT2D eigenvalue weighted by Crippen LogP contribution is 2.38. The highest BCUT2D eigenvalue weighted by Gasteiger charge is 2.37. The molecule has 0 radical (unpaired) electrons. The van der Waals surface area contributed by atoms with Crippen LogP contribution in [0.1, 0.15) is 35.3 Å². The van der Waals surface area contributed by atoms with Crippen molar-refractivity contribution in [1.29, 1.82) is 5.26 Å². The summed E-state index contributed by atoms with van der Waals surface area (Å²) in [7, 11) is 0. The fourth-order valence-electron chi connectivity index (χ4n) is 3.89. The quantitative estimate of drug-likeness (QED) is 0.149. The van der Waals surface area contributed by atoms with Crippen molar-refractivity contribution < 1.29 is 31.5 Å². The molecule has 0 amide bonds. The minimum Gasteiger partial charge on any atom is -0.460 e. The minimum absolute atomic E-state index is 0.162. The molecule has 1 atom stereocenters. The molecule has 6 nitrogen and oxygen atoms in total. The Morgan fingerprint density at radius 2 is 1.90 bits per heavy atom. The third-order valence-corrected chi connectivity index (χ3v) is 7.34. The lowest BCUT2D eigenvalue weighted by atomic mass is 10.1. The standard InChI is InChI=1S/C26H16F5N3O3S2/c1-13(37-12-35)17-6-15(10-33-24(17)38)22-4-5-23(39-22)21-8-19(26(29,30)31)18(9-32)25(36)34(21)11-14-2-3-16(27)7-20(14)28/h2-8,10,12-13H,11H2,1H3,(H,33,38). The zero-order valence-electron chi connectivity index (χ0n) is 19.8. The number of rotatable bonds is 7. The van der Waals surface area contributed by atoms with Crippen molar-refractivity contribution in [2.75, 3.05) is 0 Å². The van der Waals surface area contributed by atoms with Gasteiger partial charge in [-0.1, -0.05) is 18.3 Å². The number of aromatic nitrogens is 2. The van der Waals surface area contributed by atoms with Crippen molar-refractivity contribution in [2.24, 2.45) is 0 Å². The summed E-state index contributed by atoms with van der Waals surface area (Å²) < 4.78 is 75.4. The SMILES string of the molecule is CC(OC=O)c1cc(-c2ccc(-c3cc(C(F)(F)F)c(C#N)c(=O)n3Cc3ccc(F)cc3F)s2)c[nH]c1=S. The van der Waals surface area contributed by atoms with Gasteiger partial charge in [-0.2, -0.15) is 18.4 Å². The zero-order chi connectivity index (χ0) is 28.5. The van der Waals surface area contributed by atoms with Gasteiger partial charge in [0.2, 0.25) is 0 Å². The van der Waals surface area contributed by atoms with Gasteiger partial charge in [0.05, 0.1) is 22.7 Å². The minimum atomic E-state index is -5.02. The molecule has 0 bridgehead atoms. The second-order valence-corrected chi connectivity index (χ2v) is 9.76. The number of nitrogens with zero attached hydrogens (tertiary/aromatic N) is 2. The van der Waals surface area contributed by atoms with Crippen LogP contribution in [0.15, 0.2) is 53.5 Å². The van der Waals surface area contributed by atoms with Crippen LogP contribution in [-0.4, -0.2) is 16.0 Å². The van der Waals surface area contributed by atoms with Crippen LogP contribution in [0, 0.1) is 27.6 Å². The monoisotopic (exact) mass is 577 g/mol. The molecular formula is C26H16F5N3O3S2. The Balaban J connectivity index is 1.90. The number of nitriles is 1. The van der Waals surface area contributed by atoms with Crippen LogP contribution in [0.25, 0.3) is 21.0 Å². The van der Waals surface area contributed by atoms with Crippen molar-refractivity contribution in [3.8, 4) is 27.1 Å². The molecule has 0 aliphatic carbocycles. The van der Waals surface area contributed by atoms with E-state index < -0.39 is 47.1 Å². The molecule has 0 spiro atoms. The van der Waals surface area contributed by atoms with Crippen LogP contribution in [0.3, 0.4) is 0 Å². The maximum Gasteiger partial charge on any atom is 0.417 e. The number of benzene rings is 1. The highest BCUT2D eigenvalue weighted by atomic mass is 32.1. The maximum atomic E-state index is 14.4. The molecule has 4 rings (SSSR count). The highest BCUT2D eigenvalue weighted by molar-refractivity contribution is 7.71. The number of nitrogens with one attached hydrogen (secondary N) is 1. The first-order chi connectivity index (χ1) is 18.4. The van der Waals surface area contributed by atoms with E-state index in [1.165, 1.54) is 12.1 Å². The number of hydrogen-bond acceptors (Lipinski definition) is 6. The van der Waals surface area contributed by atoms with Crippen molar-refractivity contribution in [3.63, 3.8) is 0 Å². The van der Waals surface area contributed by atoms with E-state index in [9.17, 15) is 36.8 Å². The average molecular weight is 578 g/mol. The molecule has 3 heterocycles. The van der Waals surface area contributed by atoms with Crippen molar-refractivity contribution >= 4 is 30.0 Å². The maximum absolute atomic E-state index is 14.4. The first kappa shape index (κ1) is 27.9. The zero-order valence-corrected chi connectivity index (χ0v) is 21.4. The van der Waals surface area contributed by atoms with E-state index >= 15 is 0 Å². The second kappa shape index (κ2) is 10.9. The number of alkyl halides is 3. The summed E-state index contributed by atoms with van der Waals surface area (Å²) in [6.07, 6.45) is -4.12. The molecule has 13 heteroatoms. The van der Waals surface area contributed by atoms with Crippen LogP contribution in [-0.2, 0) is 22.3 Å². The third-order valence-electron chi connectivity index (χ3n) is 5.83. The van der Waals surface area contributed by atoms with Crippen molar-refractivity contribution in [2.45, 2.75) is 25.7 Å². The van der Waals surface area contributed by atoms with E-state index in [0.29, 0.717) is 32.8 Å². The Morgan fingerprint density at radius 1 is 1.18 bits per heavy atom. The van der Waals surface area contributed by atoms with Crippen molar-refractivity contribution in [1.82, 2.24) is 9.55 Å². The summed E-state index contributed by atoms with van der Waals surface area (Å²) in [6.45, 7) is 1.34. The lowest BCUT2D eigenvalue weighted by molar-refractivity contribution is -0.138. The largest absolute Gasteiger partial charge is 0.460 e. The number of pyridine rings is 2. The van der Waals surface area contributed by atoms with Gasteiger partial charge in [-0.15, -0.1) is 11.3 Å². The molecule has 200 valence electrons. The Morgan fingerprint density at radius 3 is 2.54 bits per heavy atom. The van der Waals surface area contributed by atoms with Crippen LogP contribution in [0.5, 0.6) is 0 Å². The van der Waals surface area contributed by atoms with Gasteiger partial charge < -0.3 is 14.3 Å². The number of aromatic amines is 1. The molecule has 0 fully saturated rings. The lowest BCUT2D eigenvalue weighted by Gasteiger charge is -2.17. The average Bonchev–Trinajstić information content (AvgIpc) is 3.36. The third kappa shape index (κ3) is 5.67. The Hall–Kier alpha value is -4.15. The van der Waals surface area contributed by atoms with Gasteiger partial charge in [-0.3, -0.25) is 9.59 Å². The summed E-state index contributed by atoms with van der Waals surface area (Å²) in [5, 5.41) is 9.36. The number of halogens is 5. The first-order valence-corrected chi connectivity index (χ1v) is 12.3. The topological polar surface area (TPSA) is 87.9 Å². The van der Waals surface area contributed by atoms with Gasteiger partial charge in [0.25, 0.3) is 12.0 Å². The van der Waals surface area contributed by atoms with Crippen LogP contribution in [0.2, 0.25) is 0 Å². The molecule has 3 aromatic heterocycles. The Kier molecular flexibility index (Phi) is 7.80. The molecule has 4 aromatic rings. The molecular weight excluding hydrogens is 561 g/mol. The number of thiophene rings is 1. The molecule has 0 saturated carbocycles.